The molecule has 1 aliphatic heterocycles. The summed E-state index contributed by atoms with van der Waals surface area (Å²) in [6, 6.07) is 79.2. The number of anilines is 6. The van der Waals surface area contributed by atoms with Gasteiger partial charge in [-0.15, -0.1) is 11.3 Å². The summed E-state index contributed by atoms with van der Waals surface area (Å²) < 4.78 is 0. The van der Waals surface area contributed by atoms with E-state index in [0.29, 0.717) is 0 Å². The standard InChI is InChI=1S/C55H42N2S/c1-55(2)49-37-44(40-17-9-4-10-18-40)27-33-51(49)57(46-21-13-6-14-22-46)52-34-28-45(38-50(52)55)42-25-31-48(32-26-42)56(54-36-35-53(58-54)43-19-11-5-12-20-43)47-29-23-41(24-30-47)39-15-7-3-8-16-39/h3-38H,1-2H3. The van der Waals surface area contributed by atoms with Gasteiger partial charge in [0.25, 0.3) is 0 Å². The van der Waals surface area contributed by atoms with Crippen molar-refractivity contribution in [2.24, 2.45) is 0 Å². The maximum absolute atomic E-state index is 2.43. The molecular weight excluding hydrogens is 721 g/mol. The fourth-order valence-corrected chi connectivity index (χ4v) is 9.48. The van der Waals surface area contributed by atoms with E-state index in [9.17, 15) is 0 Å². The van der Waals surface area contributed by atoms with Crippen LogP contribution in [-0.4, -0.2) is 0 Å². The van der Waals surface area contributed by atoms with E-state index in [0.717, 1.165) is 17.1 Å². The summed E-state index contributed by atoms with van der Waals surface area (Å²) in [7, 11) is 0. The van der Waals surface area contributed by atoms with Crippen LogP contribution in [0.1, 0.15) is 25.0 Å². The van der Waals surface area contributed by atoms with Gasteiger partial charge in [0.1, 0.15) is 5.00 Å². The van der Waals surface area contributed by atoms with Gasteiger partial charge in [0, 0.05) is 27.4 Å². The van der Waals surface area contributed by atoms with E-state index in [1.165, 1.54) is 71.3 Å². The molecule has 2 heterocycles. The molecule has 58 heavy (non-hydrogen) atoms. The number of hydrogen-bond acceptors (Lipinski definition) is 3. The van der Waals surface area contributed by atoms with Crippen molar-refractivity contribution in [2.45, 2.75) is 19.3 Å². The first-order valence-electron chi connectivity index (χ1n) is 19.9. The Bertz CT molecular complexity index is 2830. The van der Waals surface area contributed by atoms with Gasteiger partial charge in [-0.25, -0.2) is 0 Å². The molecule has 0 spiro atoms. The number of benzene rings is 8. The number of para-hydroxylation sites is 1. The zero-order valence-corrected chi connectivity index (χ0v) is 33.4. The van der Waals surface area contributed by atoms with Crippen molar-refractivity contribution in [1.82, 2.24) is 0 Å². The number of nitrogens with zero attached hydrogens (tertiary/aromatic N) is 2. The smallest absolute Gasteiger partial charge is 0.101 e. The first-order valence-corrected chi connectivity index (χ1v) is 20.7. The second kappa shape index (κ2) is 14.9. The minimum atomic E-state index is -0.241. The zero-order valence-electron chi connectivity index (χ0n) is 32.6. The van der Waals surface area contributed by atoms with Crippen LogP contribution in [0.25, 0.3) is 43.8 Å². The molecule has 0 unspecified atom stereocenters. The number of fused-ring (bicyclic) bond motifs is 2. The first-order chi connectivity index (χ1) is 28.5. The van der Waals surface area contributed by atoms with Crippen molar-refractivity contribution in [2.75, 3.05) is 9.80 Å². The van der Waals surface area contributed by atoms with Gasteiger partial charge in [0.15, 0.2) is 0 Å². The van der Waals surface area contributed by atoms with Gasteiger partial charge in [-0.05, 0) is 123 Å². The van der Waals surface area contributed by atoms with Crippen molar-refractivity contribution < 1.29 is 0 Å². The summed E-state index contributed by atoms with van der Waals surface area (Å²) in [6.07, 6.45) is 0. The van der Waals surface area contributed by atoms with Crippen LogP contribution >= 0.6 is 11.3 Å². The van der Waals surface area contributed by atoms with E-state index in [1.807, 2.05) is 11.3 Å². The van der Waals surface area contributed by atoms with Gasteiger partial charge >= 0.3 is 0 Å². The summed E-state index contributed by atoms with van der Waals surface area (Å²) >= 11 is 1.81. The van der Waals surface area contributed by atoms with E-state index in [-0.39, 0.29) is 5.41 Å². The fraction of sp³-hybridized carbons (Fsp3) is 0.0545. The minimum Gasteiger partial charge on any atom is -0.310 e. The van der Waals surface area contributed by atoms with E-state index in [1.54, 1.807) is 0 Å². The predicted molar refractivity (Wildman–Crippen MR) is 248 cm³/mol. The van der Waals surface area contributed by atoms with Crippen LogP contribution in [0, 0.1) is 0 Å². The third-order valence-corrected chi connectivity index (χ3v) is 12.6. The minimum absolute atomic E-state index is 0.241. The lowest BCUT2D eigenvalue weighted by Gasteiger charge is -2.42. The lowest BCUT2D eigenvalue weighted by Crippen LogP contribution is -2.30. The SMILES string of the molecule is CC1(C)c2cc(-c3ccccc3)ccc2N(c2ccccc2)c2ccc(-c3ccc(N(c4ccc(-c5ccccc5)cc4)c4ccc(-c5ccccc5)s4)cc3)cc21. The normalized spacial score (nSPS) is 12.8. The lowest BCUT2D eigenvalue weighted by molar-refractivity contribution is 0.632. The summed E-state index contributed by atoms with van der Waals surface area (Å²) in [6.45, 7) is 4.75. The Morgan fingerprint density at radius 2 is 0.776 bits per heavy atom. The van der Waals surface area contributed by atoms with Crippen LogP contribution in [-0.2, 0) is 5.41 Å². The number of hydrogen-bond donors (Lipinski definition) is 0. The Labute approximate surface area is 345 Å². The second-order valence-corrected chi connectivity index (χ2v) is 16.5. The van der Waals surface area contributed by atoms with Gasteiger partial charge < -0.3 is 9.80 Å². The molecule has 0 radical (unpaired) electrons. The average Bonchev–Trinajstić information content (AvgIpc) is 3.78. The van der Waals surface area contributed by atoms with Crippen LogP contribution in [0.15, 0.2) is 218 Å². The molecule has 0 fully saturated rings. The van der Waals surface area contributed by atoms with Crippen molar-refractivity contribution >= 4 is 44.8 Å². The molecule has 0 saturated heterocycles. The Balaban J connectivity index is 1.04. The van der Waals surface area contributed by atoms with Crippen LogP contribution in [0.3, 0.4) is 0 Å². The van der Waals surface area contributed by atoms with Crippen LogP contribution in [0.5, 0.6) is 0 Å². The van der Waals surface area contributed by atoms with Crippen LogP contribution in [0.2, 0.25) is 0 Å². The molecule has 8 aromatic carbocycles. The molecule has 3 heteroatoms. The molecule has 0 atom stereocenters. The molecule has 0 N–H and O–H groups in total. The average molecular weight is 763 g/mol. The molecule has 9 aromatic rings. The third-order valence-electron chi connectivity index (χ3n) is 11.5. The highest BCUT2D eigenvalue weighted by molar-refractivity contribution is 7.19. The molecule has 10 rings (SSSR count). The lowest BCUT2D eigenvalue weighted by atomic mass is 9.72. The predicted octanol–water partition coefficient (Wildman–Crippen LogP) is 16.0. The molecule has 2 nitrogen and oxygen atoms in total. The van der Waals surface area contributed by atoms with Crippen molar-refractivity contribution in [3.8, 4) is 43.8 Å². The molecule has 0 aliphatic carbocycles. The highest BCUT2D eigenvalue weighted by Crippen LogP contribution is 2.53. The Kier molecular flexibility index (Phi) is 9.09. The second-order valence-electron chi connectivity index (χ2n) is 15.4. The molecule has 0 bridgehead atoms. The number of rotatable bonds is 8. The van der Waals surface area contributed by atoms with E-state index in [2.05, 4.69) is 242 Å². The quantitative estimate of drug-likeness (QED) is 0.152. The van der Waals surface area contributed by atoms with E-state index >= 15 is 0 Å². The summed E-state index contributed by atoms with van der Waals surface area (Å²) in [4.78, 5) is 6.06. The molecular formula is C55H42N2S. The van der Waals surface area contributed by atoms with Gasteiger partial charge in [0.05, 0.1) is 11.4 Å². The summed E-state index contributed by atoms with van der Waals surface area (Å²) in [5.41, 5.74) is 16.7. The molecule has 0 saturated carbocycles. The maximum atomic E-state index is 2.43. The third kappa shape index (κ3) is 6.50. The monoisotopic (exact) mass is 762 g/mol. The van der Waals surface area contributed by atoms with Crippen LogP contribution in [0.4, 0.5) is 33.4 Å². The van der Waals surface area contributed by atoms with Crippen molar-refractivity contribution in [3.63, 3.8) is 0 Å². The van der Waals surface area contributed by atoms with Crippen LogP contribution < -0.4 is 9.80 Å². The summed E-state index contributed by atoms with van der Waals surface area (Å²) in [5, 5.41) is 1.17. The molecule has 278 valence electrons. The molecule has 0 amide bonds. The fourth-order valence-electron chi connectivity index (χ4n) is 8.43. The Hall–Kier alpha value is -6.94. The van der Waals surface area contributed by atoms with E-state index < -0.39 is 0 Å². The first kappa shape index (κ1) is 35.5. The Morgan fingerprint density at radius 1 is 0.379 bits per heavy atom. The van der Waals surface area contributed by atoms with Gasteiger partial charge in [-0.1, -0.05) is 159 Å². The van der Waals surface area contributed by atoms with E-state index in [4.69, 9.17) is 0 Å². The highest BCUT2D eigenvalue weighted by Gasteiger charge is 2.37. The number of thiophene rings is 1. The van der Waals surface area contributed by atoms with Crippen molar-refractivity contribution in [1.29, 1.82) is 0 Å². The van der Waals surface area contributed by atoms with Gasteiger partial charge in [-0.3, -0.25) is 0 Å². The summed E-state index contributed by atoms with van der Waals surface area (Å²) in [5.74, 6) is 0. The van der Waals surface area contributed by atoms with Gasteiger partial charge in [0.2, 0.25) is 0 Å². The maximum Gasteiger partial charge on any atom is 0.101 e. The van der Waals surface area contributed by atoms with Crippen molar-refractivity contribution in [3.05, 3.63) is 230 Å². The highest BCUT2D eigenvalue weighted by atomic mass is 32.1. The Morgan fingerprint density at radius 3 is 1.28 bits per heavy atom. The molecule has 1 aliphatic rings. The topological polar surface area (TPSA) is 6.48 Å². The van der Waals surface area contributed by atoms with Gasteiger partial charge in [-0.2, -0.15) is 0 Å². The zero-order chi connectivity index (χ0) is 39.1. The molecule has 1 aromatic heterocycles. The largest absolute Gasteiger partial charge is 0.310 e.